The quantitative estimate of drug-likeness (QED) is 0.686. The highest BCUT2D eigenvalue weighted by Gasteiger charge is 2.22. The molecule has 0 radical (unpaired) electrons. The molecule has 0 aliphatic carbocycles. The van der Waals surface area contributed by atoms with Crippen LogP contribution in [0.5, 0.6) is 0 Å². The summed E-state index contributed by atoms with van der Waals surface area (Å²) in [4.78, 5) is 11.4. The van der Waals surface area contributed by atoms with Crippen LogP contribution in [0.4, 0.5) is 5.69 Å². The normalized spacial score (nSPS) is 18.6. The molecule has 2 heterocycles. The molecule has 1 unspecified atom stereocenters. The minimum absolute atomic E-state index is 0.259. The maximum atomic E-state index is 11.4. The van der Waals surface area contributed by atoms with Crippen molar-refractivity contribution in [2.75, 3.05) is 25.6 Å². The van der Waals surface area contributed by atoms with Crippen molar-refractivity contribution in [2.24, 2.45) is 0 Å². The predicted molar refractivity (Wildman–Crippen MR) is 83.0 cm³/mol. The molecule has 1 N–H and O–H groups in total. The molecule has 6 nitrogen and oxygen atoms in total. The van der Waals surface area contributed by atoms with E-state index < -0.39 is 0 Å². The number of hydrazine groups is 1. The summed E-state index contributed by atoms with van der Waals surface area (Å²) >= 11 is 0. The Morgan fingerprint density at radius 2 is 2.24 bits per heavy atom. The third-order valence-electron chi connectivity index (χ3n) is 4.06. The minimum atomic E-state index is 0.259. The van der Waals surface area contributed by atoms with Gasteiger partial charge in [-0.05, 0) is 32.4 Å². The number of rotatable bonds is 4. The lowest BCUT2D eigenvalue weighted by atomic mass is 10.2. The number of amides is 1. The Labute approximate surface area is 124 Å². The van der Waals surface area contributed by atoms with Crippen molar-refractivity contribution in [1.29, 1.82) is 0 Å². The first-order valence-corrected chi connectivity index (χ1v) is 7.26. The van der Waals surface area contributed by atoms with E-state index in [4.69, 9.17) is 5.10 Å². The predicted octanol–water partition coefficient (Wildman–Crippen LogP) is 1.67. The van der Waals surface area contributed by atoms with Crippen LogP contribution in [0.25, 0.3) is 10.9 Å². The van der Waals surface area contributed by atoms with Gasteiger partial charge in [-0.15, -0.1) is 0 Å². The van der Waals surface area contributed by atoms with Gasteiger partial charge < -0.3 is 0 Å². The van der Waals surface area contributed by atoms with Crippen molar-refractivity contribution in [1.82, 2.24) is 20.1 Å². The zero-order valence-corrected chi connectivity index (χ0v) is 12.7. The van der Waals surface area contributed by atoms with Crippen molar-refractivity contribution >= 4 is 23.0 Å². The van der Waals surface area contributed by atoms with Gasteiger partial charge in [-0.2, -0.15) is 5.10 Å². The Bertz CT molecular complexity index is 657. The topological polar surface area (TPSA) is 53.4 Å². The first-order chi connectivity index (χ1) is 10.1. The van der Waals surface area contributed by atoms with E-state index in [1.54, 1.807) is 10.0 Å². The fraction of sp³-hybridized carbons (Fsp3) is 0.467. The Hall–Kier alpha value is -1.92. The second-order valence-electron chi connectivity index (χ2n) is 5.61. The third-order valence-corrected chi connectivity index (χ3v) is 4.06. The molecule has 0 bridgehead atoms. The number of anilines is 1. The number of benzene rings is 1. The van der Waals surface area contributed by atoms with Crippen LogP contribution in [0.15, 0.2) is 18.2 Å². The van der Waals surface area contributed by atoms with E-state index >= 15 is 0 Å². The van der Waals surface area contributed by atoms with Gasteiger partial charge in [-0.25, -0.2) is 10.0 Å². The summed E-state index contributed by atoms with van der Waals surface area (Å²) in [5.41, 5.74) is 2.81. The molecule has 0 spiro atoms. The van der Waals surface area contributed by atoms with Crippen LogP contribution in [0.3, 0.4) is 0 Å². The van der Waals surface area contributed by atoms with Crippen molar-refractivity contribution in [2.45, 2.75) is 25.9 Å². The number of nitrogens with zero attached hydrogens (tertiary/aromatic N) is 4. The number of nitrogens with one attached hydrogen (secondary N) is 1. The Balaban J connectivity index is 2.14. The maximum Gasteiger partial charge on any atom is 0.228 e. The summed E-state index contributed by atoms with van der Waals surface area (Å²) in [5.74, 6) is 0. The number of hydrogen-bond acceptors (Lipinski definition) is 4. The van der Waals surface area contributed by atoms with Gasteiger partial charge in [0.05, 0.1) is 5.69 Å². The van der Waals surface area contributed by atoms with Gasteiger partial charge in [0.15, 0.2) is 0 Å². The highest BCUT2D eigenvalue weighted by molar-refractivity contribution is 5.96. The summed E-state index contributed by atoms with van der Waals surface area (Å²) in [6.45, 7) is 3.12. The molecule has 2 aromatic rings. The van der Waals surface area contributed by atoms with Gasteiger partial charge in [0.2, 0.25) is 6.41 Å². The summed E-state index contributed by atoms with van der Waals surface area (Å²) in [6.07, 6.45) is 3.34. The van der Waals surface area contributed by atoms with Crippen LogP contribution in [0, 0.1) is 6.92 Å². The van der Waals surface area contributed by atoms with E-state index in [2.05, 4.69) is 23.0 Å². The van der Waals surface area contributed by atoms with Crippen LogP contribution in [0.2, 0.25) is 0 Å². The van der Waals surface area contributed by atoms with Gasteiger partial charge >= 0.3 is 0 Å². The Kier molecular flexibility index (Phi) is 3.65. The monoisotopic (exact) mass is 287 g/mol. The number of aromatic nitrogens is 2. The van der Waals surface area contributed by atoms with E-state index in [0.29, 0.717) is 0 Å². The fourth-order valence-electron chi connectivity index (χ4n) is 2.96. The average molecular weight is 287 g/mol. The van der Waals surface area contributed by atoms with Crippen LogP contribution in [-0.4, -0.2) is 41.8 Å². The van der Waals surface area contributed by atoms with E-state index in [-0.39, 0.29) is 6.17 Å². The molecular formula is C15H21N5O. The lowest BCUT2D eigenvalue weighted by Gasteiger charge is -2.24. The van der Waals surface area contributed by atoms with Crippen molar-refractivity contribution in [3.63, 3.8) is 0 Å². The average Bonchev–Trinajstić information content (AvgIpc) is 3.08. The van der Waals surface area contributed by atoms with E-state index in [0.717, 1.165) is 41.7 Å². The number of aryl methyl sites for hydroxylation is 1. The van der Waals surface area contributed by atoms with Crippen LogP contribution < -0.4 is 10.3 Å². The lowest BCUT2D eigenvalue weighted by Crippen LogP contribution is -2.35. The van der Waals surface area contributed by atoms with Crippen molar-refractivity contribution < 1.29 is 4.79 Å². The summed E-state index contributed by atoms with van der Waals surface area (Å²) in [6, 6.07) is 5.96. The zero-order valence-electron chi connectivity index (χ0n) is 12.7. The molecule has 6 heteroatoms. The number of fused-ring (bicyclic) bond motifs is 1. The van der Waals surface area contributed by atoms with E-state index in [9.17, 15) is 4.79 Å². The molecule has 1 fully saturated rings. The molecular weight excluding hydrogens is 266 g/mol. The molecule has 3 rings (SSSR count). The highest BCUT2D eigenvalue weighted by Crippen LogP contribution is 2.30. The Morgan fingerprint density at radius 1 is 1.43 bits per heavy atom. The number of carbonyl (C=O) groups is 1. The summed E-state index contributed by atoms with van der Waals surface area (Å²) in [7, 11) is 3.69. The molecule has 1 amide bonds. The highest BCUT2D eigenvalue weighted by atomic mass is 16.1. The molecule has 21 heavy (non-hydrogen) atoms. The van der Waals surface area contributed by atoms with Gasteiger partial charge in [-0.3, -0.25) is 14.8 Å². The number of carbonyl (C=O) groups excluding carboxylic acids is 1. The summed E-state index contributed by atoms with van der Waals surface area (Å²) < 4.78 is 2.06. The van der Waals surface area contributed by atoms with E-state index in [1.807, 2.05) is 26.2 Å². The van der Waals surface area contributed by atoms with Crippen LogP contribution in [0.1, 0.15) is 24.7 Å². The largest absolute Gasteiger partial charge is 0.296 e. The molecule has 1 aromatic heterocycles. The molecule has 1 aliphatic rings. The van der Waals surface area contributed by atoms with Gasteiger partial charge in [0, 0.05) is 25.2 Å². The van der Waals surface area contributed by atoms with Crippen molar-refractivity contribution in [3.05, 3.63) is 23.9 Å². The Morgan fingerprint density at radius 3 is 2.86 bits per heavy atom. The zero-order chi connectivity index (χ0) is 15.0. The second-order valence-corrected chi connectivity index (χ2v) is 5.61. The van der Waals surface area contributed by atoms with Crippen molar-refractivity contribution in [3.8, 4) is 0 Å². The van der Waals surface area contributed by atoms with E-state index in [1.165, 1.54) is 6.42 Å². The van der Waals surface area contributed by atoms with Gasteiger partial charge in [0.1, 0.15) is 11.7 Å². The minimum Gasteiger partial charge on any atom is -0.296 e. The second kappa shape index (κ2) is 5.46. The molecule has 1 saturated heterocycles. The van der Waals surface area contributed by atoms with Gasteiger partial charge in [0.25, 0.3) is 0 Å². The SMILES string of the molecule is Cc1c2cccc(N(C=O)N(C)C)c2nn1C1CCCN1. The maximum absolute atomic E-state index is 11.4. The first kappa shape index (κ1) is 14.0. The molecule has 1 atom stereocenters. The molecule has 1 aromatic carbocycles. The number of hydrogen-bond donors (Lipinski definition) is 1. The fourth-order valence-corrected chi connectivity index (χ4v) is 2.96. The first-order valence-electron chi connectivity index (χ1n) is 7.26. The van der Waals surface area contributed by atoms with Gasteiger partial charge in [-0.1, -0.05) is 12.1 Å². The summed E-state index contributed by atoms with van der Waals surface area (Å²) in [5, 5.41) is 12.7. The van der Waals surface area contributed by atoms with Crippen LogP contribution in [-0.2, 0) is 4.79 Å². The molecule has 112 valence electrons. The molecule has 0 saturated carbocycles. The van der Waals surface area contributed by atoms with Crippen LogP contribution >= 0.6 is 0 Å². The third kappa shape index (κ3) is 2.30. The molecule has 1 aliphatic heterocycles. The smallest absolute Gasteiger partial charge is 0.228 e. The standard InChI is InChI=1S/C15H21N5O/c1-11-12-6-4-7-13(19(10-21)18(2)3)15(12)17-20(11)14-8-5-9-16-14/h4,6-7,10,14,16H,5,8-9H2,1-3H3. The lowest BCUT2D eigenvalue weighted by molar-refractivity contribution is -0.109.